The number of hydrogen-bond acceptors (Lipinski definition) is 5. The van der Waals surface area contributed by atoms with Gasteiger partial charge in [0.2, 0.25) is 0 Å². The van der Waals surface area contributed by atoms with E-state index in [9.17, 15) is 0 Å². The third kappa shape index (κ3) is 4.32. The van der Waals surface area contributed by atoms with Crippen molar-refractivity contribution in [2.75, 3.05) is 6.61 Å². The zero-order chi connectivity index (χ0) is 15.1. The molecule has 0 aliphatic carbocycles. The molecule has 0 saturated carbocycles. The van der Waals surface area contributed by atoms with Gasteiger partial charge in [-0.25, -0.2) is 0 Å². The van der Waals surface area contributed by atoms with Crippen molar-refractivity contribution < 1.29 is 14.7 Å². The highest BCUT2D eigenvalue weighted by Crippen LogP contribution is 2.34. The lowest BCUT2D eigenvalue weighted by molar-refractivity contribution is 0.267. The van der Waals surface area contributed by atoms with Crippen LogP contribution in [0.25, 0.3) is 0 Å². The summed E-state index contributed by atoms with van der Waals surface area (Å²) in [4.78, 5) is 4.06. The van der Waals surface area contributed by atoms with Crippen molar-refractivity contribution in [2.45, 2.75) is 13.5 Å². The first-order valence-corrected chi connectivity index (χ1v) is 7.48. The van der Waals surface area contributed by atoms with Crippen LogP contribution in [0.2, 0.25) is 0 Å². The Kier molecular flexibility index (Phi) is 5.79. The van der Waals surface area contributed by atoms with E-state index in [0.29, 0.717) is 24.7 Å². The number of hydrogen-bond donors (Lipinski definition) is 1. The summed E-state index contributed by atoms with van der Waals surface area (Å²) in [6.07, 6.45) is 4.84. The normalized spacial score (nSPS) is 10.8. The van der Waals surface area contributed by atoms with E-state index in [1.807, 2.05) is 25.1 Å². The quantitative estimate of drug-likeness (QED) is 0.350. The summed E-state index contributed by atoms with van der Waals surface area (Å²) in [6, 6.07) is 7.46. The maximum atomic E-state index is 8.64. The topological polar surface area (TPSA) is 63.9 Å². The van der Waals surface area contributed by atoms with E-state index in [1.54, 1.807) is 18.5 Å². The van der Waals surface area contributed by atoms with Gasteiger partial charge in [0.05, 0.1) is 16.4 Å². The van der Waals surface area contributed by atoms with Crippen molar-refractivity contribution in [2.24, 2.45) is 5.16 Å². The number of nitrogens with zero attached hydrogens (tertiary/aromatic N) is 2. The highest BCUT2D eigenvalue weighted by Gasteiger charge is 2.12. The van der Waals surface area contributed by atoms with Gasteiger partial charge in [-0.15, -0.1) is 0 Å². The molecule has 21 heavy (non-hydrogen) atoms. The lowest BCUT2D eigenvalue weighted by Gasteiger charge is -2.14. The molecule has 0 unspecified atom stereocenters. The molecule has 0 amide bonds. The number of halogens is 1. The summed E-state index contributed by atoms with van der Waals surface area (Å²) < 4.78 is 12.4. The average molecular weight is 398 g/mol. The second-order valence-corrected chi connectivity index (χ2v) is 5.32. The fourth-order valence-corrected chi connectivity index (χ4v) is 2.55. The van der Waals surface area contributed by atoms with Crippen molar-refractivity contribution in [3.05, 3.63) is 51.4 Å². The van der Waals surface area contributed by atoms with Crippen LogP contribution in [-0.2, 0) is 6.61 Å². The molecule has 110 valence electrons. The number of rotatable bonds is 6. The van der Waals surface area contributed by atoms with E-state index in [2.05, 4.69) is 32.7 Å². The molecule has 0 radical (unpaired) electrons. The van der Waals surface area contributed by atoms with Gasteiger partial charge in [0.15, 0.2) is 11.5 Å². The Bertz CT molecular complexity index is 618. The Balaban J connectivity index is 2.24. The Morgan fingerprint density at radius 3 is 2.90 bits per heavy atom. The van der Waals surface area contributed by atoms with Gasteiger partial charge < -0.3 is 14.7 Å². The molecule has 0 aliphatic rings. The Morgan fingerprint density at radius 2 is 2.24 bits per heavy atom. The molecule has 2 aromatic rings. The van der Waals surface area contributed by atoms with E-state index in [-0.39, 0.29) is 0 Å². The molecule has 1 N–H and O–H groups in total. The van der Waals surface area contributed by atoms with Gasteiger partial charge in [0.25, 0.3) is 0 Å². The molecule has 0 fully saturated rings. The van der Waals surface area contributed by atoms with Gasteiger partial charge in [-0.1, -0.05) is 11.2 Å². The molecule has 0 spiro atoms. The van der Waals surface area contributed by atoms with Gasteiger partial charge in [0, 0.05) is 23.5 Å². The molecule has 1 heterocycles. The second kappa shape index (κ2) is 7.82. The highest BCUT2D eigenvalue weighted by atomic mass is 127. The van der Waals surface area contributed by atoms with Gasteiger partial charge in [-0.3, -0.25) is 4.98 Å². The fourth-order valence-electron chi connectivity index (χ4n) is 1.77. The first kappa shape index (κ1) is 15.6. The molecule has 0 saturated heterocycles. The molecule has 0 bridgehead atoms. The van der Waals surface area contributed by atoms with Crippen LogP contribution in [0.1, 0.15) is 18.1 Å². The number of oxime groups is 1. The van der Waals surface area contributed by atoms with Gasteiger partial charge >= 0.3 is 0 Å². The minimum Gasteiger partial charge on any atom is -0.490 e. The molecule has 1 aromatic heterocycles. The van der Waals surface area contributed by atoms with E-state index in [4.69, 9.17) is 14.7 Å². The van der Waals surface area contributed by atoms with Crippen LogP contribution in [-0.4, -0.2) is 23.0 Å². The van der Waals surface area contributed by atoms with Crippen molar-refractivity contribution in [1.82, 2.24) is 4.98 Å². The maximum absolute atomic E-state index is 8.64. The molecular weight excluding hydrogens is 383 g/mol. The fraction of sp³-hybridized carbons (Fsp3) is 0.200. The minimum absolute atomic E-state index is 0.414. The predicted octanol–water partition coefficient (Wildman–Crippen LogP) is 3.47. The third-order valence-electron chi connectivity index (χ3n) is 2.64. The molecule has 2 rings (SSSR count). The van der Waals surface area contributed by atoms with Crippen LogP contribution in [0, 0.1) is 3.57 Å². The lowest BCUT2D eigenvalue weighted by Crippen LogP contribution is -2.02. The minimum atomic E-state index is 0.414. The molecule has 1 aromatic carbocycles. The maximum Gasteiger partial charge on any atom is 0.175 e. The van der Waals surface area contributed by atoms with Crippen LogP contribution in [0.5, 0.6) is 11.5 Å². The monoisotopic (exact) mass is 398 g/mol. The smallest absolute Gasteiger partial charge is 0.175 e. The Hall–Kier alpha value is -1.83. The third-order valence-corrected chi connectivity index (χ3v) is 3.45. The second-order valence-electron chi connectivity index (χ2n) is 4.16. The van der Waals surface area contributed by atoms with Gasteiger partial charge in [-0.05, 0) is 47.7 Å². The van der Waals surface area contributed by atoms with Crippen LogP contribution in [0.3, 0.4) is 0 Å². The number of benzene rings is 1. The number of aromatic nitrogens is 1. The van der Waals surface area contributed by atoms with Crippen LogP contribution >= 0.6 is 22.6 Å². The van der Waals surface area contributed by atoms with E-state index >= 15 is 0 Å². The zero-order valence-electron chi connectivity index (χ0n) is 11.5. The van der Waals surface area contributed by atoms with Crippen LogP contribution < -0.4 is 9.47 Å². The lowest BCUT2D eigenvalue weighted by atomic mass is 10.2. The SMILES string of the molecule is CCOc1cc(/C=N\O)cc(I)c1OCc1cccnc1. The van der Waals surface area contributed by atoms with Crippen molar-refractivity contribution in [1.29, 1.82) is 0 Å². The van der Waals surface area contributed by atoms with E-state index in [1.165, 1.54) is 6.21 Å². The van der Waals surface area contributed by atoms with Gasteiger partial charge in [0.1, 0.15) is 6.61 Å². The van der Waals surface area contributed by atoms with Crippen molar-refractivity contribution in [3.63, 3.8) is 0 Å². The summed E-state index contributed by atoms with van der Waals surface area (Å²) in [5, 5.41) is 11.7. The summed E-state index contributed by atoms with van der Waals surface area (Å²) in [6.45, 7) is 2.85. The first-order valence-electron chi connectivity index (χ1n) is 6.40. The predicted molar refractivity (Wildman–Crippen MR) is 88.3 cm³/mol. The Labute approximate surface area is 136 Å². The van der Waals surface area contributed by atoms with Crippen LogP contribution in [0.4, 0.5) is 0 Å². The van der Waals surface area contributed by atoms with Crippen molar-refractivity contribution in [3.8, 4) is 11.5 Å². The molecule has 6 heteroatoms. The summed E-state index contributed by atoms with van der Waals surface area (Å²) in [5.74, 6) is 1.31. The first-order chi connectivity index (χ1) is 10.2. The Morgan fingerprint density at radius 1 is 1.38 bits per heavy atom. The zero-order valence-corrected chi connectivity index (χ0v) is 13.6. The highest BCUT2D eigenvalue weighted by molar-refractivity contribution is 14.1. The largest absolute Gasteiger partial charge is 0.490 e. The van der Waals surface area contributed by atoms with Crippen LogP contribution in [0.15, 0.2) is 41.8 Å². The van der Waals surface area contributed by atoms with E-state index < -0.39 is 0 Å². The summed E-state index contributed by atoms with van der Waals surface area (Å²) >= 11 is 2.17. The molecule has 0 aliphatic heterocycles. The number of pyridine rings is 1. The molecular formula is C15H15IN2O3. The summed E-state index contributed by atoms with van der Waals surface area (Å²) in [7, 11) is 0. The van der Waals surface area contributed by atoms with Crippen molar-refractivity contribution >= 4 is 28.8 Å². The molecule has 0 atom stereocenters. The van der Waals surface area contributed by atoms with E-state index in [0.717, 1.165) is 14.7 Å². The summed E-state index contributed by atoms with van der Waals surface area (Å²) in [5.41, 5.74) is 1.73. The number of ether oxygens (including phenoxy) is 2. The molecule has 5 nitrogen and oxygen atoms in total. The average Bonchev–Trinajstić information content (AvgIpc) is 2.48. The standard InChI is InChI=1S/C15H15IN2O3/c1-2-20-14-7-12(9-18-19)6-13(16)15(14)21-10-11-4-3-5-17-8-11/h3-9,19H,2,10H2,1H3/b18-9-. The van der Waals surface area contributed by atoms with Gasteiger partial charge in [-0.2, -0.15) is 0 Å².